The van der Waals surface area contributed by atoms with Crippen molar-refractivity contribution >= 4 is 5.97 Å². The molecule has 0 bridgehead atoms. The van der Waals surface area contributed by atoms with E-state index in [1.54, 1.807) is 26.3 Å². The number of methoxy groups -OCH3 is 1. The Labute approximate surface area is 236 Å². The topological polar surface area (TPSA) is 71.9 Å². The van der Waals surface area contributed by atoms with Crippen molar-refractivity contribution < 1.29 is 23.8 Å². The first-order valence-electron chi connectivity index (χ1n) is 14.4. The fraction of sp³-hybridized carbons (Fsp3) is 0.455. The zero-order valence-corrected chi connectivity index (χ0v) is 23.8. The number of aromatic nitrogens is 1. The van der Waals surface area contributed by atoms with Gasteiger partial charge in [0.2, 0.25) is 5.88 Å². The van der Waals surface area contributed by atoms with Crippen LogP contribution in [0.4, 0.5) is 4.39 Å². The number of nitrogens with zero attached hydrogens (tertiary/aromatic N) is 2. The van der Waals surface area contributed by atoms with Crippen LogP contribution in [-0.4, -0.2) is 41.2 Å². The average Bonchev–Trinajstić information content (AvgIpc) is 3.81. The molecule has 0 saturated heterocycles. The molecule has 0 radical (unpaired) electrons. The van der Waals surface area contributed by atoms with Gasteiger partial charge in [0.05, 0.1) is 13.0 Å². The van der Waals surface area contributed by atoms with Gasteiger partial charge < -0.3 is 14.6 Å². The highest BCUT2D eigenvalue weighted by atomic mass is 19.1. The Morgan fingerprint density at radius 3 is 2.60 bits per heavy atom. The van der Waals surface area contributed by atoms with Gasteiger partial charge in [0.1, 0.15) is 17.7 Å². The minimum absolute atomic E-state index is 0.0409. The summed E-state index contributed by atoms with van der Waals surface area (Å²) in [6.07, 6.45) is 4.82. The Hall–Kier alpha value is -3.45. The highest BCUT2D eigenvalue weighted by Crippen LogP contribution is 2.48. The SMILES string of the molecule is CCN(CC)Cc1cc(C2CCc3ccc(C(C4CC4)[C@H](C)C(=O)O)cc3O2)c(F)cc1-c1ccnc(OC)c1. The molecule has 2 aromatic carbocycles. The molecule has 1 aliphatic heterocycles. The van der Waals surface area contributed by atoms with Gasteiger partial charge in [-0.25, -0.2) is 9.37 Å². The van der Waals surface area contributed by atoms with Crippen LogP contribution >= 0.6 is 0 Å². The molecule has 3 aromatic rings. The number of carboxylic acids is 1. The Morgan fingerprint density at radius 2 is 1.93 bits per heavy atom. The van der Waals surface area contributed by atoms with Crippen LogP contribution in [0.1, 0.15) is 74.3 Å². The summed E-state index contributed by atoms with van der Waals surface area (Å²) in [6, 6.07) is 13.4. The van der Waals surface area contributed by atoms with Crippen LogP contribution in [-0.2, 0) is 17.8 Å². The summed E-state index contributed by atoms with van der Waals surface area (Å²) in [4.78, 5) is 18.4. The molecule has 6 nitrogen and oxygen atoms in total. The van der Waals surface area contributed by atoms with E-state index in [1.807, 2.05) is 24.3 Å². The van der Waals surface area contributed by atoms with E-state index in [0.717, 1.165) is 65.9 Å². The molecule has 212 valence electrons. The van der Waals surface area contributed by atoms with E-state index in [0.29, 0.717) is 30.3 Å². The predicted molar refractivity (Wildman–Crippen MR) is 153 cm³/mol. The van der Waals surface area contributed by atoms with Crippen molar-refractivity contribution in [3.05, 3.63) is 76.7 Å². The second-order valence-electron chi connectivity index (χ2n) is 11.1. The molecule has 1 aromatic heterocycles. The summed E-state index contributed by atoms with van der Waals surface area (Å²) >= 11 is 0. The third kappa shape index (κ3) is 5.85. The van der Waals surface area contributed by atoms with Gasteiger partial charge in [0.25, 0.3) is 0 Å². The van der Waals surface area contributed by atoms with Crippen molar-refractivity contribution in [2.45, 2.75) is 65.0 Å². The minimum atomic E-state index is -0.775. The average molecular weight is 547 g/mol. The number of carbonyl (C=O) groups is 1. The van der Waals surface area contributed by atoms with E-state index in [4.69, 9.17) is 9.47 Å². The summed E-state index contributed by atoms with van der Waals surface area (Å²) in [6.45, 7) is 8.50. The lowest BCUT2D eigenvalue weighted by molar-refractivity contribution is -0.142. The number of hydrogen-bond acceptors (Lipinski definition) is 5. The maximum atomic E-state index is 15.9. The summed E-state index contributed by atoms with van der Waals surface area (Å²) in [7, 11) is 1.57. The smallest absolute Gasteiger partial charge is 0.306 e. The van der Waals surface area contributed by atoms with E-state index in [1.165, 1.54) is 0 Å². The normalized spacial score (nSPS) is 18.1. The Bertz CT molecular complexity index is 1370. The summed E-state index contributed by atoms with van der Waals surface area (Å²) in [5, 5.41) is 9.72. The predicted octanol–water partition coefficient (Wildman–Crippen LogP) is 7.02. The molecule has 2 unspecified atom stereocenters. The lowest BCUT2D eigenvalue weighted by Gasteiger charge is -2.30. The van der Waals surface area contributed by atoms with E-state index < -0.39 is 18.0 Å². The molecule has 1 fully saturated rings. The van der Waals surface area contributed by atoms with Crippen molar-refractivity contribution in [3.8, 4) is 22.8 Å². The van der Waals surface area contributed by atoms with E-state index >= 15 is 4.39 Å². The fourth-order valence-corrected chi connectivity index (χ4v) is 6.05. The number of benzene rings is 2. The maximum Gasteiger partial charge on any atom is 0.306 e. The number of ether oxygens (including phenoxy) is 2. The third-order valence-corrected chi connectivity index (χ3v) is 8.59. The molecule has 0 amide bonds. The number of fused-ring (bicyclic) bond motifs is 1. The molecule has 40 heavy (non-hydrogen) atoms. The number of pyridine rings is 1. The minimum Gasteiger partial charge on any atom is -0.485 e. The van der Waals surface area contributed by atoms with Gasteiger partial charge in [0.15, 0.2) is 0 Å². The van der Waals surface area contributed by atoms with Crippen LogP contribution in [0, 0.1) is 17.7 Å². The molecule has 0 spiro atoms. The molecule has 5 rings (SSSR count). The highest BCUT2D eigenvalue weighted by molar-refractivity contribution is 5.71. The van der Waals surface area contributed by atoms with Crippen LogP contribution in [0.2, 0.25) is 0 Å². The number of halogens is 1. The number of carboxylic acid groups (broad SMARTS) is 1. The fourth-order valence-electron chi connectivity index (χ4n) is 6.05. The molecular weight excluding hydrogens is 507 g/mol. The van der Waals surface area contributed by atoms with Crippen LogP contribution in [0.25, 0.3) is 11.1 Å². The summed E-state index contributed by atoms with van der Waals surface area (Å²) in [5.74, 6) is 0.0375. The van der Waals surface area contributed by atoms with Crippen molar-refractivity contribution in [2.75, 3.05) is 20.2 Å². The van der Waals surface area contributed by atoms with Gasteiger partial charge in [0, 0.05) is 24.4 Å². The molecule has 7 heteroatoms. The second-order valence-corrected chi connectivity index (χ2v) is 11.1. The number of hydrogen-bond donors (Lipinski definition) is 1. The largest absolute Gasteiger partial charge is 0.485 e. The monoisotopic (exact) mass is 546 g/mol. The summed E-state index contributed by atoms with van der Waals surface area (Å²) < 4.78 is 27.7. The van der Waals surface area contributed by atoms with Crippen LogP contribution < -0.4 is 9.47 Å². The van der Waals surface area contributed by atoms with Crippen LogP contribution in [0.15, 0.2) is 48.7 Å². The summed E-state index contributed by atoms with van der Waals surface area (Å²) in [5.41, 5.74) is 5.35. The number of aryl methyl sites for hydroxylation is 1. The molecule has 2 aliphatic rings. The molecule has 1 N–H and O–H groups in total. The zero-order chi connectivity index (χ0) is 28.4. The lowest BCUT2D eigenvalue weighted by atomic mass is 9.82. The second kappa shape index (κ2) is 12.0. The van der Waals surface area contributed by atoms with Crippen molar-refractivity contribution in [1.29, 1.82) is 0 Å². The quantitative estimate of drug-likeness (QED) is 0.279. The van der Waals surface area contributed by atoms with E-state index in [2.05, 4.69) is 35.9 Å². The van der Waals surface area contributed by atoms with Gasteiger partial charge in [-0.3, -0.25) is 9.69 Å². The van der Waals surface area contributed by atoms with Crippen molar-refractivity contribution in [2.24, 2.45) is 11.8 Å². The Kier molecular flexibility index (Phi) is 8.40. The van der Waals surface area contributed by atoms with Gasteiger partial charge in [-0.1, -0.05) is 32.9 Å². The van der Waals surface area contributed by atoms with Crippen LogP contribution in [0.5, 0.6) is 11.6 Å². The molecule has 3 atom stereocenters. The lowest BCUT2D eigenvalue weighted by Crippen LogP contribution is -2.23. The highest BCUT2D eigenvalue weighted by Gasteiger charge is 2.39. The van der Waals surface area contributed by atoms with Gasteiger partial charge in [-0.15, -0.1) is 0 Å². The van der Waals surface area contributed by atoms with Gasteiger partial charge in [-0.05, 0) is 103 Å². The Balaban J connectivity index is 1.49. The van der Waals surface area contributed by atoms with Crippen LogP contribution in [0.3, 0.4) is 0 Å². The first-order chi connectivity index (χ1) is 19.3. The van der Waals surface area contributed by atoms with Gasteiger partial charge >= 0.3 is 5.97 Å². The zero-order valence-electron chi connectivity index (χ0n) is 23.8. The Morgan fingerprint density at radius 1 is 1.15 bits per heavy atom. The van der Waals surface area contributed by atoms with Crippen molar-refractivity contribution in [3.63, 3.8) is 0 Å². The third-order valence-electron chi connectivity index (χ3n) is 8.59. The van der Waals surface area contributed by atoms with Crippen molar-refractivity contribution in [1.82, 2.24) is 9.88 Å². The molecule has 1 aliphatic carbocycles. The first-order valence-corrected chi connectivity index (χ1v) is 14.4. The standard InChI is InChI=1S/C33H39FN2O4/c1-5-36(6-2)19-25-15-27(28(34)18-26(25)23-13-14-35-31(17-23)39-4)29-12-11-21-7-10-24(16-30(21)40-29)32(22-8-9-22)20(3)33(37)38/h7,10,13-18,20,22,29,32H,5-6,8-9,11-12,19H2,1-4H3,(H,37,38)/t20-,29?,32?/m0/s1. The molecular formula is C33H39FN2O4. The maximum absolute atomic E-state index is 15.9. The van der Waals surface area contributed by atoms with E-state index in [-0.39, 0.29) is 11.7 Å². The molecule has 1 saturated carbocycles. The molecule has 2 heterocycles. The first kappa shape index (κ1) is 28.1. The van der Waals surface area contributed by atoms with Gasteiger partial charge in [-0.2, -0.15) is 0 Å². The number of aliphatic carboxylic acids is 1. The number of rotatable bonds is 11. The van der Waals surface area contributed by atoms with E-state index in [9.17, 15) is 9.90 Å².